The predicted octanol–water partition coefficient (Wildman–Crippen LogP) is 2.03. The van der Waals surface area contributed by atoms with Gasteiger partial charge in [0, 0.05) is 6.07 Å². The van der Waals surface area contributed by atoms with Gasteiger partial charge in [0.2, 0.25) is 0 Å². The zero-order valence-corrected chi connectivity index (χ0v) is 11.9. The van der Waals surface area contributed by atoms with Gasteiger partial charge in [-0.1, -0.05) is 0 Å². The summed E-state index contributed by atoms with van der Waals surface area (Å²) in [5.74, 6) is -2.31. The van der Waals surface area contributed by atoms with E-state index in [1.54, 1.807) is 20.8 Å². The Morgan fingerprint density at radius 3 is 2.40 bits per heavy atom. The van der Waals surface area contributed by atoms with Crippen molar-refractivity contribution in [2.24, 2.45) is 5.73 Å². The van der Waals surface area contributed by atoms with Crippen LogP contribution in [0, 0.1) is 5.82 Å². The lowest BCUT2D eigenvalue weighted by molar-refractivity contribution is -0.135. The van der Waals surface area contributed by atoms with Gasteiger partial charge in [-0.15, -0.1) is 0 Å². The monoisotopic (exact) mass is 283 g/mol. The van der Waals surface area contributed by atoms with Gasteiger partial charge in [-0.25, -0.2) is 14.0 Å². The minimum absolute atomic E-state index is 0.0321. The molecule has 1 rings (SSSR count). The smallest absolute Gasteiger partial charge is 0.342 e. The van der Waals surface area contributed by atoms with Gasteiger partial charge in [-0.05, 0) is 39.8 Å². The SMILES string of the molecule is C[C@H](N)C(=O)Oc1cc(F)ccc1C(=O)OC(C)(C)C. The van der Waals surface area contributed by atoms with Crippen LogP contribution in [0.2, 0.25) is 0 Å². The lowest BCUT2D eigenvalue weighted by Crippen LogP contribution is -2.31. The highest BCUT2D eigenvalue weighted by atomic mass is 19.1. The Morgan fingerprint density at radius 2 is 1.90 bits per heavy atom. The van der Waals surface area contributed by atoms with Gasteiger partial charge in [0.15, 0.2) is 0 Å². The maximum Gasteiger partial charge on any atom is 0.342 e. The Balaban J connectivity index is 3.07. The lowest BCUT2D eigenvalue weighted by atomic mass is 10.1. The summed E-state index contributed by atoms with van der Waals surface area (Å²) in [5.41, 5.74) is 4.62. The molecule has 0 amide bonds. The first-order chi connectivity index (χ1) is 9.10. The molecular formula is C14H18FNO4. The average molecular weight is 283 g/mol. The van der Waals surface area contributed by atoms with Gasteiger partial charge >= 0.3 is 11.9 Å². The molecular weight excluding hydrogens is 265 g/mol. The van der Waals surface area contributed by atoms with E-state index < -0.39 is 29.4 Å². The second-order valence-electron chi connectivity index (χ2n) is 5.35. The Hall–Kier alpha value is -1.95. The first-order valence-electron chi connectivity index (χ1n) is 6.10. The van der Waals surface area contributed by atoms with Crippen LogP contribution in [0.5, 0.6) is 5.75 Å². The van der Waals surface area contributed by atoms with Crippen LogP contribution in [0.15, 0.2) is 18.2 Å². The quantitative estimate of drug-likeness (QED) is 0.678. The summed E-state index contributed by atoms with van der Waals surface area (Å²) in [6.45, 7) is 6.51. The van der Waals surface area contributed by atoms with E-state index in [0.29, 0.717) is 0 Å². The molecule has 0 heterocycles. The van der Waals surface area contributed by atoms with Crippen molar-refractivity contribution in [2.45, 2.75) is 39.3 Å². The molecule has 0 bridgehead atoms. The average Bonchev–Trinajstić information content (AvgIpc) is 2.26. The fourth-order valence-electron chi connectivity index (χ4n) is 1.28. The summed E-state index contributed by atoms with van der Waals surface area (Å²) in [6.07, 6.45) is 0. The van der Waals surface area contributed by atoms with Gasteiger partial charge in [0.1, 0.15) is 28.8 Å². The number of esters is 2. The second-order valence-corrected chi connectivity index (χ2v) is 5.35. The largest absolute Gasteiger partial charge is 0.456 e. The number of hydrogen-bond acceptors (Lipinski definition) is 5. The maximum atomic E-state index is 13.2. The third kappa shape index (κ3) is 4.62. The third-order valence-corrected chi connectivity index (χ3v) is 2.14. The molecule has 0 aliphatic rings. The van der Waals surface area contributed by atoms with Gasteiger partial charge in [-0.3, -0.25) is 0 Å². The number of carbonyl (C=O) groups excluding carboxylic acids is 2. The summed E-state index contributed by atoms with van der Waals surface area (Å²) in [6, 6.07) is 2.35. The van der Waals surface area contributed by atoms with E-state index in [0.717, 1.165) is 12.1 Å². The van der Waals surface area contributed by atoms with E-state index in [1.807, 2.05) is 0 Å². The number of rotatable bonds is 3. The molecule has 0 spiro atoms. The molecule has 0 saturated heterocycles. The van der Waals surface area contributed by atoms with E-state index in [9.17, 15) is 14.0 Å². The zero-order valence-electron chi connectivity index (χ0n) is 11.9. The van der Waals surface area contributed by atoms with Crippen LogP contribution in [0.3, 0.4) is 0 Å². The molecule has 0 aliphatic carbocycles. The van der Waals surface area contributed by atoms with Crippen molar-refractivity contribution in [2.75, 3.05) is 0 Å². The summed E-state index contributed by atoms with van der Waals surface area (Å²) in [4.78, 5) is 23.4. The fourth-order valence-corrected chi connectivity index (χ4v) is 1.28. The molecule has 0 aliphatic heterocycles. The van der Waals surface area contributed by atoms with Crippen LogP contribution in [-0.2, 0) is 9.53 Å². The van der Waals surface area contributed by atoms with E-state index >= 15 is 0 Å². The Bertz CT molecular complexity index is 520. The van der Waals surface area contributed by atoms with Crippen LogP contribution in [0.25, 0.3) is 0 Å². The highest BCUT2D eigenvalue weighted by molar-refractivity contribution is 5.94. The first-order valence-corrected chi connectivity index (χ1v) is 6.10. The molecule has 1 atom stereocenters. The van der Waals surface area contributed by atoms with Gasteiger partial charge in [-0.2, -0.15) is 0 Å². The summed E-state index contributed by atoms with van der Waals surface area (Å²) in [7, 11) is 0. The van der Waals surface area contributed by atoms with Crippen LogP contribution in [0.4, 0.5) is 4.39 Å². The highest BCUT2D eigenvalue weighted by Crippen LogP contribution is 2.23. The summed E-state index contributed by atoms with van der Waals surface area (Å²) in [5, 5.41) is 0. The lowest BCUT2D eigenvalue weighted by Gasteiger charge is -2.20. The molecule has 6 heteroatoms. The number of carbonyl (C=O) groups is 2. The zero-order chi connectivity index (χ0) is 15.5. The highest BCUT2D eigenvalue weighted by Gasteiger charge is 2.23. The first kappa shape index (κ1) is 16.1. The van der Waals surface area contributed by atoms with Crippen molar-refractivity contribution in [3.8, 4) is 5.75 Å². The second kappa shape index (κ2) is 6.00. The van der Waals surface area contributed by atoms with Gasteiger partial charge < -0.3 is 15.2 Å². The number of hydrogen-bond donors (Lipinski definition) is 1. The molecule has 0 fully saturated rings. The molecule has 1 aromatic rings. The van der Waals surface area contributed by atoms with E-state index in [4.69, 9.17) is 15.2 Å². The van der Waals surface area contributed by atoms with Gasteiger partial charge in [0.25, 0.3) is 0 Å². The molecule has 110 valence electrons. The summed E-state index contributed by atoms with van der Waals surface area (Å²) >= 11 is 0. The minimum Gasteiger partial charge on any atom is -0.456 e. The minimum atomic E-state index is -0.884. The number of benzene rings is 1. The Labute approximate surface area is 116 Å². The van der Waals surface area contributed by atoms with Crippen molar-refractivity contribution in [3.63, 3.8) is 0 Å². The molecule has 0 radical (unpaired) electrons. The predicted molar refractivity (Wildman–Crippen MR) is 70.9 cm³/mol. The number of halogens is 1. The van der Waals surface area contributed by atoms with Gasteiger partial charge in [0.05, 0.1) is 0 Å². The van der Waals surface area contributed by atoms with E-state index in [2.05, 4.69) is 0 Å². The van der Waals surface area contributed by atoms with Crippen molar-refractivity contribution >= 4 is 11.9 Å². The standard InChI is InChI=1S/C14H18FNO4/c1-8(16)12(17)19-11-7-9(15)5-6-10(11)13(18)20-14(2,3)4/h5-8H,16H2,1-4H3/t8-/m0/s1. The Kier molecular flexibility index (Phi) is 4.83. The van der Waals surface area contributed by atoms with Crippen LogP contribution in [-0.4, -0.2) is 23.6 Å². The van der Waals surface area contributed by atoms with E-state index in [-0.39, 0.29) is 11.3 Å². The van der Waals surface area contributed by atoms with Crippen LogP contribution in [0.1, 0.15) is 38.1 Å². The molecule has 20 heavy (non-hydrogen) atoms. The topological polar surface area (TPSA) is 78.6 Å². The van der Waals surface area contributed by atoms with Crippen molar-refractivity contribution in [1.82, 2.24) is 0 Å². The Morgan fingerprint density at radius 1 is 1.30 bits per heavy atom. The molecule has 1 aromatic carbocycles. The molecule has 5 nitrogen and oxygen atoms in total. The number of ether oxygens (including phenoxy) is 2. The molecule has 0 aromatic heterocycles. The number of nitrogens with two attached hydrogens (primary N) is 1. The molecule has 0 unspecified atom stereocenters. The normalized spacial score (nSPS) is 12.7. The molecule has 0 saturated carbocycles. The van der Waals surface area contributed by atoms with Crippen LogP contribution < -0.4 is 10.5 Å². The van der Waals surface area contributed by atoms with E-state index in [1.165, 1.54) is 13.0 Å². The van der Waals surface area contributed by atoms with Crippen molar-refractivity contribution in [3.05, 3.63) is 29.6 Å². The molecule has 2 N–H and O–H groups in total. The fraction of sp³-hybridized carbons (Fsp3) is 0.429. The summed E-state index contributed by atoms with van der Waals surface area (Å²) < 4.78 is 23.3. The van der Waals surface area contributed by atoms with Crippen LogP contribution >= 0.6 is 0 Å². The maximum absolute atomic E-state index is 13.2. The van der Waals surface area contributed by atoms with Crippen molar-refractivity contribution in [1.29, 1.82) is 0 Å². The third-order valence-electron chi connectivity index (χ3n) is 2.14. The van der Waals surface area contributed by atoms with Crippen molar-refractivity contribution < 1.29 is 23.5 Å².